The van der Waals surface area contributed by atoms with Crippen molar-refractivity contribution in [2.45, 2.75) is 0 Å². The Morgan fingerprint density at radius 1 is 0.429 bits per heavy atom. The largest absolute Gasteiger partial charge is 0.456 e. The van der Waals surface area contributed by atoms with E-state index in [9.17, 15) is 10.5 Å². The summed E-state index contributed by atoms with van der Waals surface area (Å²) in [7, 11) is 0. The zero-order chi connectivity index (χ0) is 32.6. The molecular weight excluding hydrogens is 601 g/mol. The number of benzene rings is 7. The SMILES string of the molecule is N#Cc1cc(-c2ccc(C#N)c(-n3c4ccccc4c4cc5c(cc43)oc3ccccc35)c2)cc(-n2c3ccccc3c3ccccc32)c1. The maximum Gasteiger partial charge on any atom is 0.137 e. The quantitative estimate of drug-likeness (QED) is 0.196. The number of furan rings is 1. The van der Waals surface area contributed by atoms with Crippen molar-refractivity contribution in [3.63, 3.8) is 0 Å². The maximum atomic E-state index is 10.4. The molecule has 0 N–H and O–H groups in total. The second kappa shape index (κ2) is 10.2. The molecule has 3 aromatic heterocycles. The van der Waals surface area contributed by atoms with Gasteiger partial charge in [-0.05, 0) is 71.8 Å². The van der Waals surface area contributed by atoms with Crippen molar-refractivity contribution in [1.82, 2.24) is 9.13 Å². The molecule has 0 spiro atoms. The summed E-state index contributed by atoms with van der Waals surface area (Å²) < 4.78 is 10.7. The number of aromatic nitrogens is 2. The van der Waals surface area contributed by atoms with E-state index in [2.05, 4.69) is 106 Å². The number of fused-ring (bicyclic) bond motifs is 9. The van der Waals surface area contributed by atoms with Crippen LogP contribution in [-0.4, -0.2) is 9.13 Å². The van der Waals surface area contributed by atoms with E-state index in [1.54, 1.807) is 0 Å². The molecule has 5 heteroatoms. The monoisotopic (exact) mass is 624 g/mol. The molecule has 5 nitrogen and oxygen atoms in total. The highest BCUT2D eigenvalue weighted by atomic mass is 16.3. The van der Waals surface area contributed by atoms with E-state index in [4.69, 9.17) is 4.42 Å². The van der Waals surface area contributed by atoms with Crippen molar-refractivity contribution >= 4 is 65.6 Å². The van der Waals surface area contributed by atoms with Gasteiger partial charge in [0.2, 0.25) is 0 Å². The third kappa shape index (κ3) is 3.91. The molecule has 0 radical (unpaired) electrons. The van der Waals surface area contributed by atoms with E-state index < -0.39 is 0 Å². The molecular formula is C44H24N4O. The second-order valence-electron chi connectivity index (χ2n) is 12.4. The lowest BCUT2D eigenvalue weighted by Crippen LogP contribution is -1.99. The molecule has 3 heterocycles. The number of nitriles is 2. The fraction of sp³-hybridized carbons (Fsp3) is 0. The predicted octanol–water partition coefficient (Wildman–Crippen LogP) is 11.2. The van der Waals surface area contributed by atoms with Crippen LogP contribution in [0.25, 0.3) is 88.1 Å². The van der Waals surface area contributed by atoms with E-state index in [0.29, 0.717) is 11.1 Å². The minimum Gasteiger partial charge on any atom is -0.456 e. The van der Waals surface area contributed by atoms with E-state index >= 15 is 0 Å². The van der Waals surface area contributed by atoms with Crippen molar-refractivity contribution in [3.8, 4) is 34.6 Å². The molecule has 49 heavy (non-hydrogen) atoms. The van der Waals surface area contributed by atoms with E-state index in [-0.39, 0.29) is 0 Å². The highest BCUT2D eigenvalue weighted by Crippen LogP contribution is 2.40. The van der Waals surface area contributed by atoms with Gasteiger partial charge in [-0.25, -0.2) is 0 Å². The molecule has 0 aliphatic rings. The molecule has 0 unspecified atom stereocenters. The minimum absolute atomic E-state index is 0.551. The molecule has 0 saturated carbocycles. The van der Waals surface area contributed by atoms with Crippen molar-refractivity contribution in [2.24, 2.45) is 0 Å². The summed E-state index contributed by atoms with van der Waals surface area (Å²) >= 11 is 0. The molecule has 0 saturated heterocycles. The summed E-state index contributed by atoms with van der Waals surface area (Å²) in [6.07, 6.45) is 0. The van der Waals surface area contributed by atoms with Gasteiger partial charge in [0.15, 0.2) is 0 Å². The number of para-hydroxylation sites is 4. The smallest absolute Gasteiger partial charge is 0.137 e. The van der Waals surface area contributed by atoms with Gasteiger partial charge in [-0.2, -0.15) is 10.5 Å². The summed E-state index contributed by atoms with van der Waals surface area (Å²) in [5.41, 5.74) is 10.3. The second-order valence-corrected chi connectivity index (χ2v) is 12.4. The molecule has 0 amide bonds. The molecule has 10 aromatic rings. The topological polar surface area (TPSA) is 70.6 Å². The fourth-order valence-electron chi connectivity index (χ4n) is 7.61. The lowest BCUT2D eigenvalue weighted by atomic mass is 9.99. The maximum absolute atomic E-state index is 10.4. The van der Waals surface area contributed by atoms with Gasteiger partial charge < -0.3 is 13.6 Å². The van der Waals surface area contributed by atoms with Crippen LogP contribution in [0.1, 0.15) is 11.1 Å². The Bertz CT molecular complexity index is 3030. The van der Waals surface area contributed by atoms with Gasteiger partial charge in [0.1, 0.15) is 17.2 Å². The Morgan fingerprint density at radius 2 is 1.06 bits per heavy atom. The van der Waals surface area contributed by atoms with Crippen molar-refractivity contribution in [1.29, 1.82) is 10.5 Å². The Balaban J connectivity index is 1.23. The standard InChI is InChI=1S/C44H24N4O/c45-25-27-19-30(21-31(20-27)47-38-13-5-1-9-32(38)33-10-2-6-14-39(33)47)28-17-18-29(26-46)41(22-28)48-40-15-7-3-11-34(40)36-23-37-35-12-4-8-16-43(35)49-44(37)24-42(36)48/h1-24H. The van der Waals surface area contributed by atoms with Gasteiger partial charge in [0.05, 0.1) is 45.0 Å². The van der Waals surface area contributed by atoms with Gasteiger partial charge in [-0.3, -0.25) is 0 Å². The summed E-state index contributed by atoms with van der Waals surface area (Å²) in [5.74, 6) is 0. The lowest BCUT2D eigenvalue weighted by molar-refractivity contribution is 0.669. The number of rotatable bonds is 3. The van der Waals surface area contributed by atoms with Gasteiger partial charge in [-0.15, -0.1) is 0 Å². The highest BCUT2D eigenvalue weighted by molar-refractivity contribution is 6.17. The first-order valence-corrected chi connectivity index (χ1v) is 16.1. The Labute approximate surface area is 280 Å². The average Bonchev–Trinajstić information content (AvgIpc) is 3.80. The fourth-order valence-corrected chi connectivity index (χ4v) is 7.61. The third-order valence-electron chi connectivity index (χ3n) is 9.75. The first kappa shape index (κ1) is 27.1. The predicted molar refractivity (Wildman–Crippen MR) is 197 cm³/mol. The normalized spacial score (nSPS) is 11.6. The average molecular weight is 625 g/mol. The van der Waals surface area contributed by atoms with Crippen LogP contribution in [0.5, 0.6) is 0 Å². The molecule has 0 bridgehead atoms. The zero-order valence-electron chi connectivity index (χ0n) is 26.1. The van der Waals surface area contributed by atoms with Crippen LogP contribution >= 0.6 is 0 Å². The van der Waals surface area contributed by atoms with Crippen LogP contribution in [0.4, 0.5) is 0 Å². The Kier molecular flexibility index (Phi) is 5.64. The van der Waals surface area contributed by atoms with Gasteiger partial charge in [-0.1, -0.05) is 78.9 Å². The first-order valence-electron chi connectivity index (χ1n) is 16.1. The third-order valence-corrected chi connectivity index (χ3v) is 9.75. The summed E-state index contributed by atoms with van der Waals surface area (Å²) in [4.78, 5) is 0. The highest BCUT2D eigenvalue weighted by Gasteiger charge is 2.19. The van der Waals surface area contributed by atoms with Crippen LogP contribution in [0, 0.1) is 22.7 Å². The summed E-state index contributed by atoms with van der Waals surface area (Å²) in [6, 6.07) is 54.2. The number of nitrogens with zero attached hydrogens (tertiary/aromatic N) is 4. The van der Waals surface area contributed by atoms with Gasteiger partial charge >= 0.3 is 0 Å². The molecule has 7 aromatic carbocycles. The lowest BCUT2D eigenvalue weighted by Gasteiger charge is -2.14. The van der Waals surface area contributed by atoms with Crippen LogP contribution in [-0.2, 0) is 0 Å². The van der Waals surface area contributed by atoms with E-state index in [0.717, 1.165) is 88.1 Å². The molecule has 0 fully saturated rings. The van der Waals surface area contributed by atoms with Crippen LogP contribution in [0.2, 0.25) is 0 Å². The molecule has 10 rings (SSSR count). The first-order chi connectivity index (χ1) is 24.2. The van der Waals surface area contributed by atoms with Crippen LogP contribution < -0.4 is 0 Å². The van der Waals surface area contributed by atoms with E-state index in [1.807, 2.05) is 60.7 Å². The summed E-state index contributed by atoms with van der Waals surface area (Å²) in [5, 5.41) is 27.3. The summed E-state index contributed by atoms with van der Waals surface area (Å²) in [6.45, 7) is 0. The minimum atomic E-state index is 0.551. The van der Waals surface area contributed by atoms with Crippen molar-refractivity contribution in [3.05, 3.63) is 157 Å². The Morgan fingerprint density at radius 3 is 1.76 bits per heavy atom. The van der Waals surface area contributed by atoms with Crippen LogP contribution in [0.15, 0.2) is 150 Å². The van der Waals surface area contributed by atoms with Crippen LogP contribution in [0.3, 0.4) is 0 Å². The molecule has 226 valence electrons. The molecule has 0 aliphatic carbocycles. The van der Waals surface area contributed by atoms with Crippen molar-refractivity contribution < 1.29 is 4.42 Å². The van der Waals surface area contributed by atoms with Gasteiger partial charge in [0.25, 0.3) is 0 Å². The number of hydrogen-bond donors (Lipinski definition) is 0. The van der Waals surface area contributed by atoms with Crippen molar-refractivity contribution in [2.75, 3.05) is 0 Å². The number of hydrogen-bond acceptors (Lipinski definition) is 3. The molecule has 0 aliphatic heterocycles. The van der Waals surface area contributed by atoms with Gasteiger partial charge in [0, 0.05) is 44.1 Å². The zero-order valence-corrected chi connectivity index (χ0v) is 26.1. The Hall–Kier alpha value is -7.08. The molecule has 0 atom stereocenters. The van der Waals surface area contributed by atoms with E-state index in [1.165, 1.54) is 0 Å².